The molecule has 1 atom stereocenters. The lowest BCUT2D eigenvalue weighted by molar-refractivity contribution is 0.0697. The number of aliphatic hydroxyl groups excluding tert-OH is 1. The van der Waals surface area contributed by atoms with Gasteiger partial charge in [0.15, 0.2) is 0 Å². The summed E-state index contributed by atoms with van der Waals surface area (Å²) < 4.78 is 3.51. The third kappa shape index (κ3) is 2.96. The Kier molecular flexibility index (Phi) is 4.42. The number of rotatable bonds is 4. The fourth-order valence-electron chi connectivity index (χ4n) is 3.63. The van der Waals surface area contributed by atoms with Crippen LogP contribution in [0.2, 0.25) is 0 Å². The minimum atomic E-state index is -0.0116. The second-order valence-corrected chi connectivity index (χ2v) is 6.65. The summed E-state index contributed by atoms with van der Waals surface area (Å²) >= 11 is 0. The number of carbonyl (C=O) groups is 1. The van der Waals surface area contributed by atoms with Crippen LogP contribution in [0.25, 0.3) is 5.78 Å². The third-order valence-electron chi connectivity index (χ3n) is 4.90. The number of hydrogen-bond acceptors (Lipinski definition) is 5. The van der Waals surface area contributed by atoms with Gasteiger partial charge in [-0.1, -0.05) is 0 Å². The highest BCUT2D eigenvalue weighted by Crippen LogP contribution is 2.27. The molecule has 4 heterocycles. The van der Waals surface area contributed by atoms with Gasteiger partial charge in [-0.25, -0.2) is 9.97 Å². The molecule has 1 aliphatic rings. The molecular weight excluding hydrogens is 332 g/mol. The maximum Gasteiger partial charge on any atom is 0.272 e. The topological polar surface area (TPSA) is 88.6 Å². The van der Waals surface area contributed by atoms with E-state index in [0.29, 0.717) is 30.3 Å². The van der Waals surface area contributed by atoms with E-state index < -0.39 is 0 Å². The number of aliphatic hydroxyl groups is 1. The Morgan fingerprint density at radius 2 is 2.27 bits per heavy atom. The van der Waals surface area contributed by atoms with Crippen molar-refractivity contribution in [3.05, 3.63) is 47.8 Å². The van der Waals surface area contributed by atoms with E-state index >= 15 is 0 Å². The molecule has 0 unspecified atom stereocenters. The maximum atomic E-state index is 13.2. The van der Waals surface area contributed by atoms with Crippen LogP contribution in [0, 0.1) is 6.92 Å². The average molecular weight is 354 g/mol. The van der Waals surface area contributed by atoms with E-state index in [4.69, 9.17) is 5.11 Å². The van der Waals surface area contributed by atoms with Crippen molar-refractivity contribution in [1.29, 1.82) is 0 Å². The van der Waals surface area contributed by atoms with E-state index in [0.717, 1.165) is 25.1 Å². The van der Waals surface area contributed by atoms with Gasteiger partial charge in [0.1, 0.15) is 5.69 Å². The Hall–Kier alpha value is -2.74. The van der Waals surface area contributed by atoms with Crippen molar-refractivity contribution in [3.8, 4) is 0 Å². The predicted octanol–water partition coefficient (Wildman–Crippen LogP) is 1.25. The first kappa shape index (κ1) is 16.7. The van der Waals surface area contributed by atoms with Gasteiger partial charge in [0.05, 0.1) is 24.5 Å². The molecule has 0 bridgehead atoms. The summed E-state index contributed by atoms with van der Waals surface area (Å²) in [5.74, 6) is 0.748. The van der Waals surface area contributed by atoms with Crippen LogP contribution in [-0.4, -0.2) is 59.8 Å². The average Bonchev–Trinajstić information content (AvgIpc) is 3.25. The molecule has 3 aromatic rings. The lowest BCUT2D eigenvalue weighted by atomic mass is 9.94. The molecule has 136 valence electrons. The lowest BCUT2D eigenvalue weighted by Crippen LogP contribution is -2.40. The van der Waals surface area contributed by atoms with E-state index in [2.05, 4.69) is 15.1 Å². The normalized spacial score (nSPS) is 17.8. The van der Waals surface area contributed by atoms with Gasteiger partial charge >= 0.3 is 0 Å². The molecule has 3 aromatic heterocycles. The number of piperidine rings is 1. The number of aryl methyl sites for hydroxylation is 1. The summed E-state index contributed by atoms with van der Waals surface area (Å²) in [6.07, 6.45) is 7.33. The second kappa shape index (κ2) is 6.87. The van der Waals surface area contributed by atoms with E-state index in [1.165, 1.54) is 0 Å². The number of imidazole rings is 1. The molecule has 0 saturated carbocycles. The molecular formula is C18H22N6O2. The predicted molar refractivity (Wildman–Crippen MR) is 94.9 cm³/mol. The molecule has 1 saturated heterocycles. The van der Waals surface area contributed by atoms with Gasteiger partial charge in [-0.2, -0.15) is 5.10 Å². The highest BCUT2D eigenvalue weighted by atomic mass is 16.3. The van der Waals surface area contributed by atoms with Crippen molar-refractivity contribution in [2.45, 2.75) is 32.2 Å². The molecule has 26 heavy (non-hydrogen) atoms. The summed E-state index contributed by atoms with van der Waals surface area (Å²) in [5, 5.41) is 13.6. The number of amides is 1. The molecule has 0 aliphatic carbocycles. The van der Waals surface area contributed by atoms with E-state index in [-0.39, 0.29) is 18.4 Å². The number of aromatic nitrogens is 5. The number of carbonyl (C=O) groups excluding carboxylic acids is 1. The monoisotopic (exact) mass is 354 g/mol. The highest BCUT2D eigenvalue weighted by Gasteiger charge is 2.29. The zero-order valence-corrected chi connectivity index (χ0v) is 14.7. The summed E-state index contributed by atoms with van der Waals surface area (Å²) in [7, 11) is 0. The van der Waals surface area contributed by atoms with Crippen molar-refractivity contribution in [1.82, 2.24) is 29.0 Å². The zero-order valence-electron chi connectivity index (χ0n) is 14.7. The van der Waals surface area contributed by atoms with E-state index in [9.17, 15) is 4.79 Å². The molecule has 4 rings (SSSR count). The molecule has 8 heteroatoms. The van der Waals surface area contributed by atoms with E-state index in [1.807, 2.05) is 30.3 Å². The molecule has 1 amide bonds. The van der Waals surface area contributed by atoms with Crippen LogP contribution in [0.3, 0.4) is 0 Å². The van der Waals surface area contributed by atoms with Gasteiger partial charge in [-0.15, -0.1) is 0 Å². The minimum absolute atomic E-state index is 0.0116. The Balaban J connectivity index is 1.57. The Morgan fingerprint density at radius 1 is 1.38 bits per heavy atom. The first-order valence-corrected chi connectivity index (χ1v) is 8.90. The number of nitrogens with zero attached hydrogens (tertiary/aromatic N) is 6. The Morgan fingerprint density at radius 3 is 3.12 bits per heavy atom. The first-order valence-electron chi connectivity index (χ1n) is 8.90. The van der Waals surface area contributed by atoms with Crippen LogP contribution in [-0.2, 0) is 6.54 Å². The van der Waals surface area contributed by atoms with Gasteiger partial charge in [0.25, 0.3) is 5.91 Å². The largest absolute Gasteiger partial charge is 0.394 e. The van der Waals surface area contributed by atoms with Crippen molar-refractivity contribution in [2.75, 3.05) is 19.7 Å². The van der Waals surface area contributed by atoms with Gasteiger partial charge in [0.2, 0.25) is 5.78 Å². The standard InChI is InChI=1S/C18H22N6O2/c1-13-16(24-8-3-6-19-18(24)20-13)17(26)22-7-2-4-14(12-22)15-5-9-23(21-15)10-11-25/h3,5-6,8-9,14,25H,2,4,7,10-12H2,1H3/t14-/m0/s1. The zero-order chi connectivity index (χ0) is 18.1. The fraction of sp³-hybridized carbons (Fsp3) is 0.444. The van der Waals surface area contributed by atoms with Crippen molar-refractivity contribution in [3.63, 3.8) is 0 Å². The SMILES string of the molecule is Cc1nc2ncccn2c1C(=O)N1CCC[C@H](c2ccn(CCO)n2)C1. The van der Waals surface area contributed by atoms with Crippen molar-refractivity contribution in [2.24, 2.45) is 0 Å². The summed E-state index contributed by atoms with van der Waals surface area (Å²) in [4.78, 5) is 23.7. The summed E-state index contributed by atoms with van der Waals surface area (Å²) in [6, 6.07) is 3.79. The van der Waals surface area contributed by atoms with Crippen LogP contribution in [0.4, 0.5) is 0 Å². The number of likely N-dealkylation sites (tertiary alicyclic amines) is 1. The minimum Gasteiger partial charge on any atom is -0.394 e. The Labute approximate surface area is 151 Å². The second-order valence-electron chi connectivity index (χ2n) is 6.65. The Bertz CT molecular complexity index is 931. The first-order chi connectivity index (χ1) is 12.7. The molecule has 1 aliphatic heterocycles. The molecule has 0 aromatic carbocycles. The van der Waals surface area contributed by atoms with Crippen molar-refractivity contribution < 1.29 is 9.90 Å². The van der Waals surface area contributed by atoms with E-state index in [1.54, 1.807) is 21.3 Å². The highest BCUT2D eigenvalue weighted by molar-refractivity contribution is 5.94. The van der Waals surface area contributed by atoms with Gasteiger partial charge in [-0.3, -0.25) is 13.9 Å². The van der Waals surface area contributed by atoms with Gasteiger partial charge in [-0.05, 0) is 31.9 Å². The van der Waals surface area contributed by atoms with Crippen molar-refractivity contribution >= 4 is 11.7 Å². The maximum absolute atomic E-state index is 13.2. The smallest absolute Gasteiger partial charge is 0.272 e. The lowest BCUT2D eigenvalue weighted by Gasteiger charge is -2.32. The summed E-state index contributed by atoms with van der Waals surface area (Å²) in [6.45, 7) is 3.78. The molecule has 1 fully saturated rings. The fourth-order valence-corrected chi connectivity index (χ4v) is 3.63. The van der Waals surface area contributed by atoms with Crippen LogP contribution in [0.15, 0.2) is 30.7 Å². The third-order valence-corrected chi connectivity index (χ3v) is 4.90. The molecule has 8 nitrogen and oxygen atoms in total. The molecule has 0 radical (unpaired) electrons. The van der Waals surface area contributed by atoms with Gasteiger partial charge < -0.3 is 10.0 Å². The van der Waals surface area contributed by atoms with Crippen LogP contribution in [0.5, 0.6) is 0 Å². The van der Waals surface area contributed by atoms with Crippen LogP contribution in [0.1, 0.15) is 40.6 Å². The van der Waals surface area contributed by atoms with Crippen LogP contribution < -0.4 is 0 Å². The van der Waals surface area contributed by atoms with Gasteiger partial charge in [0, 0.05) is 37.6 Å². The number of fused-ring (bicyclic) bond motifs is 1. The number of hydrogen-bond donors (Lipinski definition) is 1. The molecule has 0 spiro atoms. The quantitative estimate of drug-likeness (QED) is 0.762. The molecule has 1 N–H and O–H groups in total. The van der Waals surface area contributed by atoms with Crippen LogP contribution >= 0.6 is 0 Å². The summed E-state index contributed by atoms with van der Waals surface area (Å²) in [5.41, 5.74) is 2.26.